The second-order valence-electron chi connectivity index (χ2n) is 13.0. The molecule has 2 aromatic carbocycles. The molecule has 0 spiro atoms. The number of hydrogen-bond donors (Lipinski definition) is 3. The Kier molecular flexibility index (Phi) is 11.4. The third kappa shape index (κ3) is 8.35. The van der Waals surface area contributed by atoms with E-state index in [2.05, 4.69) is 43.5 Å². The first kappa shape index (κ1) is 35.7. The van der Waals surface area contributed by atoms with Crippen molar-refractivity contribution >= 4 is 56.1 Å². The first-order valence-electron chi connectivity index (χ1n) is 16.4. The van der Waals surface area contributed by atoms with Crippen molar-refractivity contribution in [3.8, 4) is 0 Å². The number of para-hydroxylation sites is 1. The lowest BCUT2D eigenvalue weighted by atomic mass is 9.86. The summed E-state index contributed by atoms with van der Waals surface area (Å²) in [5, 5.41) is 5.90. The number of piperazine rings is 1. The number of sulfone groups is 1. The first-order valence-corrected chi connectivity index (χ1v) is 18.4. The fourth-order valence-electron chi connectivity index (χ4n) is 6.02. The average molecular weight is 696 g/mol. The van der Waals surface area contributed by atoms with Crippen molar-refractivity contribution in [3.05, 3.63) is 70.4 Å². The molecule has 258 valence electrons. The summed E-state index contributed by atoms with van der Waals surface area (Å²) >= 11 is 6.48. The molecule has 1 saturated heterocycles. The van der Waals surface area contributed by atoms with Crippen LogP contribution in [0.4, 0.5) is 23.1 Å². The van der Waals surface area contributed by atoms with Gasteiger partial charge in [0, 0.05) is 49.0 Å². The zero-order valence-electron chi connectivity index (χ0n) is 28.3. The Morgan fingerprint density at radius 3 is 2.46 bits per heavy atom. The van der Waals surface area contributed by atoms with Gasteiger partial charge in [0.15, 0.2) is 15.7 Å². The minimum Gasteiger partial charge on any atom is -0.374 e. The van der Waals surface area contributed by atoms with E-state index in [9.17, 15) is 13.2 Å². The predicted octanol–water partition coefficient (Wildman–Crippen LogP) is 6.01. The largest absolute Gasteiger partial charge is 0.374 e. The number of benzene rings is 2. The van der Waals surface area contributed by atoms with E-state index in [0.717, 1.165) is 62.1 Å². The number of ether oxygens (including phenoxy) is 1. The standard InChI is InChI=1S/C35H46ClN7O4S/c1-22(2)47-21-25-18-27(24-10-12-26(13-11-24)43-16-14-42(5)15-17-43)28(33(37)44)19-31(25)40-35-38-20-29(36)34(41-35)39-30-8-6-7-9-32(30)48(45,46)23(3)4/h6-10,18-20,22-23,26H,11-17,21H2,1-5H3,(H2,37,44)(H2,38,39,40,41). The maximum absolute atomic E-state index is 13.0. The van der Waals surface area contributed by atoms with Crippen LogP contribution in [0.3, 0.4) is 0 Å². The smallest absolute Gasteiger partial charge is 0.249 e. The van der Waals surface area contributed by atoms with Crippen molar-refractivity contribution in [2.45, 2.75) is 75.9 Å². The molecule has 1 aliphatic carbocycles. The lowest BCUT2D eigenvalue weighted by Crippen LogP contribution is -2.49. The van der Waals surface area contributed by atoms with Gasteiger partial charge in [0.2, 0.25) is 11.9 Å². The van der Waals surface area contributed by atoms with Crippen LogP contribution in [-0.2, 0) is 21.2 Å². The molecule has 0 saturated carbocycles. The molecule has 2 heterocycles. The third-order valence-corrected chi connectivity index (χ3v) is 11.4. The minimum atomic E-state index is -3.59. The zero-order valence-corrected chi connectivity index (χ0v) is 29.9. The number of anilines is 4. The van der Waals surface area contributed by atoms with Gasteiger partial charge >= 0.3 is 0 Å². The van der Waals surface area contributed by atoms with Crippen molar-refractivity contribution in [2.75, 3.05) is 43.9 Å². The molecule has 1 aliphatic heterocycles. The number of halogens is 1. The monoisotopic (exact) mass is 695 g/mol. The number of aromatic nitrogens is 2. The van der Waals surface area contributed by atoms with Gasteiger partial charge in [-0.2, -0.15) is 4.98 Å². The average Bonchev–Trinajstić information content (AvgIpc) is 3.06. The molecule has 1 fully saturated rings. The van der Waals surface area contributed by atoms with E-state index >= 15 is 0 Å². The number of amides is 1. The zero-order chi connectivity index (χ0) is 34.6. The minimum absolute atomic E-state index is 0.0277. The highest BCUT2D eigenvalue weighted by Gasteiger charge is 2.27. The fourth-order valence-corrected chi connectivity index (χ4v) is 7.36. The SMILES string of the molecule is CC(C)OCc1cc(C2=CCC(N3CCN(C)CC3)CC2)c(C(N)=O)cc1Nc1ncc(Cl)c(Nc2ccccc2S(=O)(=O)C(C)C)n1. The van der Waals surface area contributed by atoms with Crippen molar-refractivity contribution in [2.24, 2.45) is 5.73 Å². The molecule has 4 N–H and O–H groups in total. The molecular formula is C35H46ClN7O4S. The molecule has 0 radical (unpaired) electrons. The quantitative estimate of drug-likeness (QED) is 0.206. The maximum Gasteiger partial charge on any atom is 0.249 e. The van der Waals surface area contributed by atoms with E-state index < -0.39 is 21.0 Å². The van der Waals surface area contributed by atoms with Gasteiger partial charge in [-0.1, -0.05) is 29.8 Å². The Hall–Kier alpha value is -3.55. The molecule has 1 amide bonds. The van der Waals surface area contributed by atoms with Crippen LogP contribution in [0, 0.1) is 0 Å². The summed E-state index contributed by atoms with van der Waals surface area (Å²) in [5.41, 5.74) is 10.0. The molecule has 5 rings (SSSR count). The van der Waals surface area contributed by atoms with E-state index in [1.54, 1.807) is 44.2 Å². The summed E-state index contributed by atoms with van der Waals surface area (Å²) < 4.78 is 32.1. The molecule has 13 heteroatoms. The number of nitrogens with two attached hydrogens (primary N) is 1. The number of carbonyl (C=O) groups is 1. The molecule has 1 unspecified atom stereocenters. The molecular weight excluding hydrogens is 650 g/mol. The van der Waals surface area contributed by atoms with Gasteiger partial charge in [-0.15, -0.1) is 0 Å². The molecule has 1 atom stereocenters. The summed E-state index contributed by atoms with van der Waals surface area (Å²) in [6.45, 7) is 11.8. The summed E-state index contributed by atoms with van der Waals surface area (Å²) in [6, 6.07) is 10.8. The fraction of sp³-hybridized carbons (Fsp3) is 0.457. The number of primary amides is 1. The van der Waals surface area contributed by atoms with Gasteiger partial charge in [-0.25, -0.2) is 13.4 Å². The Balaban J connectivity index is 1.45. The second kappa shape index (κ2) is 15.3. The number of nitrogens with zero attached hydrogens (tertiary/aromatic N) is 4. The van der Waals surface area contributed by atoms with Crippen LogP contribution >= 0.6 is 11.6 Å². The first-order chi connectivity index (χ1) is 22.8. The van der Waals surface area contributed by atoms with E-state index in [0.29, 0.717) is 23.0 Å². The Bertz CT molecular complexity index is 1770. The number of hydrogen-bond acceptors (Lipinski definition) is 10. The Labute approximate surface area is 288 Å². The maximum atomic E-state index is 13.0. The van der Waals surface area contributed by atoms with Gasteiger partial charge in [0.25, 0.3) is 0 Å². The highest BCUT2D eigenvalue weighted by atomic mass is 35.5. The molecule has 48 heavy (non-hydrogen) atoms. The molecule has 1 aromatic heterocycles. The molecule has 11 nitrogen and oxygen atoms in total. The number of nitrogens with one attached hydrogen (secondary N) is 2. The van der Waals surface area contributed by atoms with Crippen LogP contribution in [0.25, 0.3) is 5.57 Å². The second-order valence-corrected chi connectivity index (χ2v) is 15.9. The van der Waals surface area contributed by atoms with E-state index in [4.69, 9.17) is 22.1 Å². The summed E-state index contributed by atoms with van der Waals surface area (Å²) in [5.74, 6) is -0.129. The Morgan fingerprint density at radius 2 is 1.81 bits per heavy atom. The van der Waals surface area contributed by atoms with Crippen LogP contribution in [0.5, 0.6) is 0 Å². The van der Waals surface area contributed by atoms with Gasteiger partial charge in [-0.05, 0) is 89.4 Å². The number of allylic oxidation sites excluding steroid dienone is 1. The van der Waals surface area contributed by atoms with Crippen molar-refractivity contribution in [1.29, 1.82) is 0 Å². The summed E-state index contributed by atoms with van der Waals surface area (Å²) in [6.07, 6.45) is 6.44. The third-order valence-electron chi connectivity index (χ3n) is 8.92. The van der Waals surface area contributed by atoms with E-state index in [1.165, 1.54) is 6.20 Å². The van der Waals surface area contributed by atoms with Gasteiger partial charge in [0.1, 0.15) is 5.02 Å². The van der Waals surface area contributed by atoms with Crippen LogP contribution in [-0.4, -0.2) is 84.7 Å². The highest BCUT2D eigenvalue weighted by Crippen LogP contribution is 2.36. The van der Waals surface area contributed by atoms with Gasteiger partial charge in [-0.3, -0.25) is 9.69 Å². The number of rotatable bonds is 12. The number of carbonyl (C=O) groups excluding carboxylic acids is 1. The van der Waals surface area contributed by atoms with Crippen molar-refractivity contribution in [3.63, 3.8) is 0 Å². The summed E-state index contributed by atoms with van der Waals surface area (Å²) in [4.78, 5) is 26.9. The summed E-state index contributed by atoms with van der Waals surface area (Å²) in [7, 11) is -1.42. The van der Waals surface area contributed by atoms with Gasteiger partial charge < -0.3 is 26.0 Å². The van der Waals surface area contributed by atoms with E-state index in [-0.39, 0.29) is 34.4 Å². The van der Waals surface area contributed by atoms with Crippen molar-refractivity contribution in [1.82, 2.24) is 19.8 Å². The number of likely N-dealkylation sites (N-methyl/N-ethyl adjacent to an activating group) is 1. The van der Waals surface area contributed by atoms with E-state index in [1.807, 2.05) is 19.9 Å². The van der Waals surface area contributed by atoms with Crippen molar-refractivity contribution < 1.29 is 17.9 Å². The normalized spacial score (nSPS) is 17.8. The van der Waals surface area contributed by atoms with Crippen LogP contribution in [0.15, 0.2) is 53.6 Å². The Morgan fingerprint density at radius 1 is 1.08 bits per heavy atom. The topological polar surface area (TPSA) is 143 Å². The molecule has 3 aromatic rings. The van der Waals surface area contributed by atoms with Crippen LogP contribution < -0.4 is 16.4 Å². The highest BCUT2D eigenvalue weighted by molar-refractivity contribution is 7.92. The lowest BCUT2D eigenvalue weighted by Gasteiger charge is -2.39. The van der Waals surface area contributed by atoms with Crippen LogP contribution in [0.1, 0.15) is 68.4 Å². The van der Waals surface area contributed by atoms with Crippen LogP contribution in [0.2, 0.25) is 5.02 Å². The molecule has 0 bridgehead atoms. The van der Waals surface area contributed by atoms with Gasteiger partial charge in [0.05, 0.1) is 34.7 Å². The molecule has 2 aliphatic rings. The lowest BCUT2D eigenvalue weighted by molar-refractivity contribution is 0.0660. The predicted molar refractivity (Wildman–Crippen MR) is 192 cm³/mol.